The second-order valence-electron chi connectivity index (χ2n) is 7.03. The van der Waals surface area contributed by atoms with Crippen LogP contribution in [0.3, 0.4) is 0 Å². The number of hydrogen-bond donors (Lipinski definition) is 1. The largest absolute Gasteiger partial charge is 0.350 e. The maximum atomic E-state index is 12.4. The molecule has 3 rings (SSSR count). The Morgan fingerprint density at radius 1 is 1.33 bits per heavy atom. The van der Waals surface area contributed by atoms with E-state index in [1.807, 2.05) is 0 Å². The van der Waals surface area contributed by atoms with Gasteiger partial charge in [-0.1, -0.05) is 35.7 Å². The zero-order valence-corrected chi connectivity index (χ0v) is 12.8. The number of nitrogens with one attached hydrogen (secondary N) is 1. The maximum absolute atomic E-state index is 12.4. The van der Waals surface area contributed by atoms with Gasteiger partial charge >= 0.3 is 0 Å². The van der Waals surface area contributed by atoms with E-state index in [-0.39, 0.29) is 5.54 Å². The van der Waals surface area contributed by atoms with Gasteiger partial charge < -0.3 is 5.32 Å². The van der Waals surface area contributed by atoms with Gasteiger partial charge in [0, 0.05) is 16.8 Å². The smallest absolute Gasteiger partial charge is 0.223 e. The monoisotopic (exact) mass is 313 g/mol. The van der Waals surface area contributed by atoms with E-state index in [4.69, 9.17) is 0 Å². The molecule has 3 saturated carbocycles. The molecule has 4 unspecified atom stereocenters. The topological polar surface area (TPSA) is 29.1 Å². The average molecular weight is 314 g/mol. The molecule has 0 saturated heterocycles. The van der Waals surface area contributed by atoms with Crippen LogP contribution in [0.2, 0.25) is 0 Å². The lowest BCUT2D eigenvalue weighted by Crippen LogP contribution is -2.54. The summed E-state index contributed by atoms with van der Waals surface area (Å²) in [6, 6.07) is 0. The Bertz CT molecular complexity index is 335. The Morgan fingerprint density at radius 3 is 2.67 bits per heavy atom. The molecule has 102 valence electrons. The summed E-state index contributed by atoms with van der Waals surface area (Å²) in [6.07, 6.45) is 8.57. The molecule has 2 nitrogen and oxygen atoms in total. The van der Waals surface area contributed by atoms with Crippen LogP contribution in [0.25, 0.3) is 0 Å². The average Bonchev–Trinajstić information content (AvgIpc) is 2.96. The molecular formula is C15H24BrNO. The third kappa shape index (κ3) is 2.48. The van der Waals surface area contributed by atoms with Crippen LogP contribution in [-0.2, 0) is 4.79 Å². The fraction of sp³-hybridized carbons (Fsp3) is 0.933. The highest BCUT2D eigenvalue weighted by atomic mass is 79.9. The first-order valence-electron chi connectivity index (χ1n) is 7.50. The normalized spacial score (nSPS) is 46.6. The lowest BCUT2D eigenvalue weighted by atomic mass is 9.77. The van der Waals surface area contributed by atoms with E-state index in [0.717, 1.165) is 48.8 Å². The predicted molar refractivity (Wildman–Crippen MR) is 76.6 cm³/mol. The number of carbonyl (C=O) groups excluding carboxylic acids is 1. The number of halogens is 1. The van der Waals surface area contributed by atoms with Gasteiger partial charge in [-0.3, -0.25) is 4.79 Å². The molecule has 0 aromatic rings. The van der Waals surface area contributed by atoms with Gasteiger partial charge in [0.15, 0.2) is 0 Å². The van der Waals surface area contributed by atoms with Gasteiger partial charge in [0.25, 0.3) is 0 Å². The molecule has 0 spiro atoms. The summed E-state index contributed by atoms with van der Waals surface area (Å²) in [5.74, 6) is 3.20. The minimum atomic E-state index is 0.0432. The standard InChI is InChI=1S/C15H24BrNO/c1-10-3-2-4-15(8-10,9-16)17-14(18)13-6-11-5-12(11)7-13/h10-13H,2-9H2,1H3,(H,17,18). The molecule has 0 aliphatic heterocycles. The van der Waals surface area contributed by atoms with Crippen LogP contribution in [0.4, 0.5) is 0 Å². The Hall–Kier alpha value is -0.0500. The molecule has 1 N–H and O–H groups in total. The molecule has 0 heterocycles. The number of amides is 1. The van der Waals surface area contributed by atoms with E-state index in [1.54, 1.807) is 0 Å². The minimum Gasteiger partial charge on any atom is -0.350 e. The van der Waals surface area contributed by atoms with Crippen LogP contribution < -0.4 is 5.32 Å². The second-order valence-corrected chi connectivity index (χ2v) is 7.59. The van der Waals surface area contributed by atoms with E-state index in [2.05, 4.69) is 28.2 Å². The molecule has 18 heavy (non-hydrogen) atoms. The minimum absolute atomic E-state index is 0.0432. The summed E-state index contributed by atoms with van der Waals surface area (Å²) < 4.78 is 0. The third-order valence-electron chi connectivity index (χ3n) is 5.35. The Kier molecular flexibility index (Phi) is 3.46. The summed E-state index contributed by atoms with van der Waals surface area (Å²) >= 11 is 3.64. The van der Waals surface area contributed by atoms with Gasteiger partial charge in [-0.15, -0.1) is 0 Å². The number of rotatable bonds is 3. The number of carbonyl (C=O) groups is 1. The summed E-state index contributed by atoms with van der Waals surface area (Å²) in [7, 11) is 0. The van der Waals surface area contributed by atoms with E-state index >= 15 is 0 Å². The van der Waals surface area contributed by atoms with E-state index < -0.39 is 0 Å². The van der Waals surface area contributed by atoms with Gasteiger partial charge in [0.1, 0.15) is 0 Å². The van der Waals surface area contributed by atoms with Crippen LogP contribution in [0.5, 0.6) is 0 Å². The number of hydrogen-bond acceptors (Lipinski definition) is 1. The van der Waals surface area contributed by atoms with Crippen molar-refractivity contribution in [3.05, 3.63) is 0 Å². The van der Waals surface area contributed by atoms with Crippen molar-refractivity contribution in [3.8, 4) is 0 Å². The molecule has 0 aromatic carbocycles. The van der Waals surface area contributed by atoms with E-state index in [9.17, 15) is 4.79 Å². The first-order chi connectivity index (χ1) is 8.62. The molecular weight excluding hydrogens is 290 g/mol. The summed E-state index contributed by atoms with van der Waals surface area (Å²) in [6.45, 7) is 2.31. The van der Waals surface area contributed by atoms with E-state index in [1.165, 1.54) is 19.3 Å². The fourth-order valence-corrected chi connectivity index (χ4v) is 4.87. The number of fused-ring (bicyclic) bond motifs is 1. The lowest BCUT2D eigenvalue weighted by molar-refractivity contribution is -0.127. The lowest BCUT2D eigenvalue weighted by Gasteiger charge is -2.40. The van der Waals surface area contributed by atoms with Crippen molar-refractivity contribution in [3.63, 3.8) is 0 Å². The van der Waals surface area contributed by atoms with Gasteiger partial charge in [-0.25, -0.2) is 0 Å². The van der Waals surface area contributed by atoms with Gasteiger partial charge in [0.05, 0.1) is 0 Å². The molecule has 3 fully saturated rings. The molecule has 0 aromatic heterocycles. The highest BCUT2D eigenvalue weighted by molar-refractivity contribution is 9.09. The van der Waals surface area contributed by atoms with Crippen molar-refractivity contribution in [1.29, 1.82) is 0 Å². The van der Waals surface area contributed by atoms with Crippen molar-refractivity contribution in [1.82, 2.24) is 5.32 Å². The maximum Gasteiger partial charge on any atom is 0.223 e. The van der Waals surface area contributed by atoms with Crippen molar-refractivity contribution < 1.29 is 4.79 Å². The molecule has 3 heteroatoms. The highest BCUT2D eigenvalue weighted by Crippen LogP contribution is 2.54. The quantitative estimate of drug-likeness (QED) is 0.794. The Labute approximate surface area is 118 Å². The van der Waals surface area contributed by atoms with Crippen LogP contribution in [-0.4, -0.2) is 16.8 Å². The molecule has 4 atom stereocenters. The molecule has 1 amide bonds. The first kappa shape index (κ1) is 13.0. The predicted octanol–water partition coefficient (Wildman–Crippen LogP) is 3.49. The Morgan fingerprint density at radius 2 is 2.06 bits per heavy atom. The van der Waals surface area contributed by atoms with Crippen molar-refractivity contribution in [2.24, 2.45) is 23.7 Å². The Balaban J connectivity index is 1.60. The van der Waals surface area contributed by atoms with Crippen LogP contribution in [0.1, 0.15) is 51.9 Å². The van der Waals surface area contributed by atoms with Gasteiger partial charge in [-0.2, -0.15) is 0 Å². The fourth-order valence-electron chi connectivity index (χ4n) is 4.22. The molecule has 3 aliphatic carbocycles. The molecule has 0 radical (unpaired) electrons. The van der Waals surface area contributed by atoms with Crippen molar-refractivity contribution in [2.75, 3.05) is 5.33 Å². The second kappa shape index (κ2) is 4.81. The van der Waals surface area contributed by atoms with Gasteiger partial charge in [-0.05, 0) is 49.9 Å². The van der Waals surface area contributed by atoms with Gasteiger partial charge in [0.2, 0.25) is 5.91 Å². The molecule has 3 aliphatic rings. The van der Waals surface area contributed by atoms with Crippen molar-refractivity contribution >= 4 is 21.8 Å². The summed E-state index contributed by atoms with van der Waals surface area (Å²) in [4.78, 5) is 12.4. The SMILES string of the molecule is CC1CCCC(CBr)(NC(=O)C2CC3CC3C2)C1. The summed E-state index contributed by atoms with van der Waals surface area (Å²) in [5.41, 5.74) is 0.0432. The molecule has 0 bridgehead atoms. The van der Waals surface area contributed by atoms with Crippen LogP contribution in [0.15, 0.2) is 0 Å². The van der Waals surface area contributed by atoms with E-state index in [0.29, 0.717) is 11.8 Å². The number of alkyl halides is 1. The first-order valence-corrected chi connectivity index (χ1v) is 8.62. The zero-order valence-electron chi connectivity index (χ0n) is 11.3. The zero-order chi connectivity index (χ0) is 12.8. The third-order valence-corrected chi connectivity index (χ3v) is 6.42. The van der Waals surface area contributed by atoms with Crippen molar-refractivity contribution in [2.45, 2.75) is 57.4 Å². The van der Waals surface area contributed by atoms with Crippen LogP contribution >= 0.6 is 15.9 Å². The highest BCUT2D eigenvalue weighted by Gasteiger charge is 2.49. The summed E-state index contributed by atoms with van der Waals surface area (Å²) in [5, 5.41) is 4.32. The van der Waals surface area contributed by atoms with Crippen LogP contribution in [0, 0.1) is 23.7 Å².